The number of halogens is 3. The van der Waals surface area contributed by atoms with E-state index in [0.29, 0.717) is 23.5 Å². The molecule has 1 atom stereocenters. The van der Waals surface area contributed by atoms with Gasteiger partial charge in [-0.15, -0.1) is 13.2 Å². The van der Waals surface area contributed by atoms with E-state index in [-0.39, 0.29) is 18.2 Å². The summed E-state index contributed by atoms with van der Waals surface area (Å²) in [6.45, 7) is 7.24. The van der Waals surface area contributed by atoms with Crippen LogP contribution in [0.1, 0.15) is 37.4 Å². The van der Waals surface area contributed by atoms with Crippen molar-refractivity contribution < 1.29 is 27.5 Å². The van der Waals surface area contributed by atoms with Gasteiger partial charge in [0.2, 0.25) is 5.91 Å². The molecule has 3 amide bonds. The van der Waals surface area contributed by atoms with Gasteiger partial charge in [0.15, 0.2) is 5.82 Å². The van der Waals surface area contributed by atoms with E-state index < -0.39 is 18.4 Å². The zero-order valence-electron chi connectivity index (χ0n) is 16.9. The highest BCUT2D eigenvalue weighted by atomic mass is 19.4. The maximum absolute atomic E-state index is 12.9. The first-order valence-corrected chi connectivity index (χ1v) is 9.47. The quantitative estimate of drug-likeness (QED) is 0.719. The number of fused-ring (bicyclic) bond motifs is 1. The number of amides is 3. The van der Waals surface area contributed by atoms with E-state index in [1.54, 1.807) is 19.2 Å². The monoisotopic (exact) mass is 434 g/mol. The maximum Gasteiger partial charge on any atom is 0.573 e. The number of allylic oxidation sites excluding steroid dienone is 1. The predicted molar refractivity (Wildman–Crippen MR) is 110 cm³/mol. The van der Waals surface area contributed by atoms with Crippen LogP contribution in [0.2, 0.25) is 0 Å². The third kappa shape index (κ3) is 5.33. The van der Waals surface area contributed by atoms with E-state index in [1.807, 2.05) is 6.92 Å². The summed E-state index contributed by atoms with van der Waals surface area (Å²) in [5.41, 5.74) is 2.48. The molecule has 1 aliphatic heterocycles. The topological polar surface area (TPSA) is 83.6 Å². The molecule has 1 aromatic heterocycles. The molecule has 3 rings (SSSR count). The molecule has 2 heterocycles. The van der Waals surface area contributed by atoms with E-state index in [1.165, 1.54) is 29.2 Å². The van der Waals surface area contributed by atoms with Crippen LogP contribution in [-0.2, 0) is 4.79 Å². The summed E-state index contributed by atoms with van der Waals surface area (Å²) >= 11 is 0. The van der Waals surface area contributed by atoms with E-state index in [2.05, 4.69) is 26.9 Å². The second kappa shape index (κ2) is 8.66. The zero-order chi connectivity index (χ0) is 22.8. The highest BCUT2D eigenvalue weighted by Gasteiger charge is 2.32. The van der Waals surface area contributed by atoms with Gasteiger partial charge in [0.25, 0.3) is 0 Å². The third-order valence-corrected chi connectivity index (χ3v) is 4.66. The van der Waals surface area contributed by atoms with Gasteiger partial charge in [0, 0.05) is 6.20 Å². The van der Waals surface area contributed by atoms with Crippen molar-refractivity contribution in [3.63, 3.8) is 0 Å². The number of benzene rings is 1. The van der Waals surface area contributed by atoms with E-state index in [4.69, 9.17) is 0 Å². The Hall–Kier alpha value is -3.56. The summed E-state index contributed by atoms with van der Waals surface area (Å²) in [5, 5.41) is 5.50. The number of pyridine rings is 1. The third-order valence-electron chi connectivity index (χ3n) is 4.66. The summed E-state index contributed by atoms with van der Waals surface area (Å²) in [6, 6.07) is 5.92. The van der Waals surface area contributed by atoms with Crippen LogP contribution in [0.25, 0.3) is 5.57 Å². The lowest BCUT2D eigenvalue weighted by Gasteiger charge is -2.30. The van der Waals surface area contributed by atoms with E-state index in [0.717, 1.165) is 11.1 Å². The van der Waals surface area contributed by atoms with Gasteiger partial charge in [-0.25, -0.2) is 9.78 Å². The van der Waals surface area contributed by atoms with Crippen LogP contribution in [0, 0.1) is 0 Å². The van der Waals surface area contributed by atoms with Crippen molar-refractivity contribution in [2.75, 3.05) is 16.8 Å². The summed E-state index contributed by atoms with van der Waals surface area (Å²) < 4.78 is 40.9. The van der Waals surface area contributed by atoms with Gasteiger partial charge in [-0.1, -0.05) is 25.6 Å². The number of aromatic nitrogens is 1. The number of alkyl halides is 3. The lowest BCUT2D eigenvalue weighted by Crippen LogP contribution is -2.48. The van der Waals surface area contributed by atoms with Crippen LogP contribution in [-0.4, -0.2) is 29.8 Å². The van der Waals surface area contributed by atoms with Crippen molar-refractivity contribution in [2.45, 2.75) is 32.7 Å². The number of hydrogen-bond donors (Lipinski definition) is 2. The van der Waals surface area contributed by atoms with Gasteiger partial charge in [0.05, 0.1) is 11.7 Å². The Balaban J connectivity index is 1.78. The molecule has 0 saturated carbocycles. The molecule has 10 heteroatoms. The van der Waals surface area contributed by atoms with Gasteiger partial charge in [-0.2, -0.15) is 0 Å². The molecule has 0 fully saturated rings. The second-order valence-electron chi connectivity index (χ2n) is 7.04. The number of ether oxygens (including phenoxy) is 1. The van der Waals surface area contributed by atoms with E-state index in [9.17, 15) is 22.8 Å². The lowest BCUT2D eigenvalue weighted by atomic mass is 10.0. The fraction of sp³-hybridized carbons (Fsp3) is 0.286. The van der Waals surface area contributed by atoms with Crippen LogP contribution in [0.5, 0.6) is 5.75 Å². The molecule has 2 aromatic rings. The molecular weight excluding hydrogens is 413 g/mol. The number of nitrogens with one attached hydrogen (secondary N) is 2. The minimum Gasteiger partial charge on any atom is -0.406 e. The zero-order valence-corrected chi connectivity index (χ0v) is 16.9. The van der Waals surface area contributed by atoms with Crippen LogP contribution >= 0.6 is 0 Å². The average Bonchev–Trinajstić information content (AvgIpc) is 2.70. The van der Waals surface area contributed by atoms with Gasteiger partial charge >= 0.3 is 12.4 Å². The van der Waals surface area contributed by atoms with Crippen LogP contribution in [0.3, 0.4) is 0 Å². The minimum absolute atomic E-state index is 0.215. The number of hydrogen-bond acceptors (Lipinski definition) is 4. The summed E-state index contributed by atoms with van der Waals surface area (Å²) in [6.07, 6.45) is -2.74. The van der Waals surface area contributed by atoms with Crippen molar-refractivity contribution in [3.05, 3.63) is 54.2 Å². The second-order valence-corrected chi connectivity index (χ2v) is 7.04. The van der Waals surface area contributed by atoms with Crippen LogP contribution in [0.4, 0.5) is 29.5 Å². The van der Waals surface area contributed by atoms with Crippen molar-refractivity contribution in [1.82, 2.24) is 10.3 Å². The van der Waals surface area contributed by atoms with Crippen molar-refractivity contribution in [3.8, 4) is 5.75 Å². The number of carbonyl (C=O) groups is 2. The van der Waals surface area contributed by atoms with Crippen molar-refractivity contribution in [2.24, 2.45) is 0 Å². The molecule has 31 heavy (non-hydrogen) atoms. The van der Waals surface area contributed by atoms with Gasteiger partial charge < -0.3 is 15.4 Å². The fourth-order valence-electron chi connectivity index (χ4n) is 3.12. The molecular formula is C21H21F3N4O3. The number of nitrogens with zero attached hydrogens (tertiary/aromatic N) is 2. The number of anilines is 2. The molecule has 0 aliphatic carbocycles. The van der Waals surface area contributed by atoms with Gasteiger partial charge in [-0.3, -0.25) is 9.69 Å². The number of rotatable bonds is 5. The predicted octanol–water partition coefficient (Wildman–Crippen LogP) is 4.63. The maximum atomic E-state index is 12.9. The highest BCUT2D eigenvalue weighted by Crippen LogP contribution is 2.30. The largest absolute Gasteiger partial charge is 0.573 e. The van der Waals surface area contributed by atoms with Gasteiger partial charge in [-0.05, 0) is 48.2 Å². The van der Waals surface area contributed by atoms with Crippen molar-refractivity contribution in [1.29, 1.82) is 0 Å². The first kappa shape index (κ1) is 22.1. The smallest absolute Gasteiger partial charge is 0.406 e. The fourth-order valence-corrected chi connectivity index (χ4v) is 3.12. The Labute approximate surface area is 176 Å². The molecule has 0 bridgehead atoms. The normalized spacial score (nSPS) is 14.4. The number of urea groups is 1. The molecule has 1 aliphatic rings. The minimum atomic E-state index is -4.78. The Morgan fingerprint density at radius 1 is 1.35 bits per heavy atom. The average molecular weight is 434 g/mol. The molecule has 1 unspecified atom stereocenters. The van der Waals surface area contributed by atoms with Crippen molar-refractivity contribution >= 4 is 29.0 Å². The standard InChI is InChI=1S/C21H21F3N4O3/c1-4-16(13-5-7-15(8-6-13)31-21(22,23)24)27-20(30)28-11-18(29)26-17-9-14(12(2)3)10-25-19(17)28/h5-10,16H,2,4,11H2,1,3H3,(H,26,29)(H,27,30). The summed E-state index contributed by atoms with van der Waals surface area (Å²) in [5.74, 6) is -0.424. The van der Waals surface area contributed by atoms with Crippen LogP contribution in [0.15, 0.2) is 43.1 Å². The molecule has 164 valence electrons. The molecule has 0 saturated heterocycles. The summed E-state index contributed by atoms with van der Waals surface area (Å²) in [4.78, 5) is 30.6. The first-order valence-electron chi connectivity index (χ1n) is 9.47. The van der Waals surface area contributed by atoms with E-state index >= 15 is 0 Å². The SMILES string of the molecule is C=C(C)c1cnc2c(c1)NC(=O)CN2C(=O)NC(CC)c1ccc(OC(F)(F)F)cc1. The molecule has 0 radical (unpaired) electrons. The first-order chi connectivity index (χ1) is 14.6. The number of carbonyl (C=O) groups excluding carboxylic acids is 2. The molecule has 2 N–H and O–H groups in total. The molecule has 0 spiro atoms. The Kier molecular flexibility index (Phi) is 6.19. The molecule has 1 aromatic carbocycles. The summed E-state index contributed by atoms with van der Waals surface area (Å²) in [7, 11) is 0. The molecule has 7 nitrogen and oxygen atoms in total. The Morgan fingerprint density at radius 3 is 2.61 bits per heavy atom. The Morgan fingerprint density at radius 2 is 2.03 bits per heavy atom. The highest BCUT2D eigenvalue weighted by molar-refractivity contribution is 6.08. The Bertz CT molecular complexity index is 1010. The lowest BCUT2D eigenvalue weighted by molar-refractivity contribution is -0.274. The van der Waals surface area contributed by atoms with Gasteiger partial charge in [0.1, 0.15) is 12.3 Å². The van der Waals surface area contributed by atoms with Crippen LogP contribution < -0.4 is 20.3 Å².